The summed E-state index contributed by atoms with van der Waals surface area (Å²) in [5.41, 5.74) is 0. The van der Waals surface area contributed by atoms with Crippen molar-refractivity contribution in [2.75, 3.05) is 0 Å². The predicted octanol–water partition coefficient (Wildman–Crippen LogP) is 4.41. The first kappa shape index (κ1) is 8.45. The fourth-order valence-corrected chi connectivity index (χ4v) is 3.71. The Balaban J connectivity index is 0.000000853. The fourth-order valence-electron chi connectivity index (χ4n) is 1.47. The van der Waals surface area contributed by atoms with Gasteiger partial charge in [-0.2, -0.15) is 0 Å². The van der Waals surface area contributed by atoms with Crippen molar-refractivity contribution in [1.82, 2.24) is 0 Å². The molecule has 2 aromatic rings. The summed E-state index contributed by atoms with van der Waals surface area (Å²) in [5.74, 6) is 0. The van der Waals surface area contributed by atoms with Crippen molar-refractivity contribution in [1.29, 1.82) is 0 Å². The highest BCUT2D eigenvalue weighted by atomic mass is 32.2. The summed E-state index contributed by atoms with van der Waals surface area (Å²) in [6, 6.07) is 17.1. The molecule has 3 rings (SSSR count). The Labute approximate surface area is 93.2 Å². The molecule has 0 atom stereocenters. The summed E-state index contributed by atoms with van der Waals surface area (Å²) in [5, 5.41) is 0. The minimum Gasteiger partial charge on any atom is -0.0877 e. The van der Waals surface area contributed by atoms with Crippen LogP contribution in [0.1, 0.15) is 1.43 Å². The molecule has 0 unspecified atom stereocenters. The van der Waals surface area contributed by atoms with Crippen LogP contribution in [-0.2, 0) is 0 Å². The van der Waals surface area contributed by atoms with E-state index in [2.05, 4.69) is 48.5 Å². The van der Waals surface area contributed by atoms with Crippen molar-refractivity contribution in [3.63, 3.8) is 0 Å². The summed E-state index contributed by atoms with van der Waals surface area (Å²) >= 11 is 3.72. The Kier molecular flexibility index (Phi) is 2.03. The van der Waals surface area contributed by atoms with Gasteiger partial charge in [0, 0.05) is 19.6 Å². The predicted molar refractivity (Wildman–Crippen MR) is 62.2 cm³/mol. The number of benzene rings is 2. The topological polar surface area (TPSA) is 0 Å². The smallest absolute Gasteiger partial charge is 0.0877 e. The van der Waals surface area contributed by atoms with E-state index in [1.54, 1.807) is 0 Å². The van der Waals surface area contributed by atoms with E-state index < -0.39 is 0 Å². The minimum absolute atomic E-state index is 0. The molecule has 14 heavy (non-hydrogen) atoms. The maximum Gasteiger partial charge on any atom is 1.00 e. The van der Waals surface area contributed by atoms with Crippen LogP contribution in [0.5, 0.6) is 0 Å². The molecule has 1 aliphatic rings. The van der Waals surface area contributed by atoms with Gasteiger partial charge < -0.3 is 0 Å². The van der Waals surface area contributed by atoms with Gasteiger partial charge in [0.2, 0.25) is 0 Å². The lowest BCUT2D eigenvalue weighted by Gasteiger charge is -2.17. The third kappa shape index (κ3) is 1.35. The SMILES string of the molecule is [H+].c1ccc2c(c1)Sc1ccccc1S2. The van der Waals surface area contributed by atoms with Gasteiger partial charge in [-0.25, -0.2) is 0 Å². The molecule has 0 amide bonds. The lowest BCUT2D eigenvalue weighted by atomic mass is 10.3. The summed E-state index contributed by atoms with van der Waals surface area (Å²) in [6.07, 6.45) is 0. The highest BCUT2D eigenvalue weighted by Gasteiger charge is 2.14. The molecule has 0 saturated carbocycles. The number of rotatable bonds is 0. The van der Waals surface area contributed by atoms with Crippen LogP contribution in [0.3, 0.4) is 0 Å². The number of fused-ring (bicyclic) bond motifs is 2. The van der Waals surface area contributed by atoms with Gasteiger partial charge in [0.05, 0.1) is 0 Å². The molecule has 0 bridgehead atoms. The second-order valence-corrected chi connectivity index (χ2v) is 5.27. The molecule has 1 heterocycles. The molecule has 2 heteroatoms. The zero-order valence-corrected chi connectivity index (χ0v) is 9.07. The summed E-state index contributed by atoms with van der Waals surface area (Å²) < 4.78 is 0. The third-order valence-corrected chi connectivity index (χ3v) is 4.70. The fraction of sp³-hybridized carbons (Fsp3) is 0. The lowest BCUT2D eigenvalue weighted by molar-refractivity contribution is 1.16. The lowest BCUT2D eigenvalue weighted by Crippen LogP contribution is -1.87. The molecule has 2 aromatic carbocycles. The van der Waals surface area contributed by atoms with Gasteiger partial charge in [-0.1, -0.05) is 47.8 Å². The van der Waals surface area contributed by atoms with Gasteiger partial charge in [-0.15, -0.1) is 0 Å². The van der Waals surface area contributed by atoms with Crippen LogP contribution < -0.4 is 0 Å². The molecule has 68 valence electrons. The number of hydrogen-bond donors (Lipinski definition) is 0. The van der Waals surface area contributed by atoms with E-state index in [9.17, 15) is 0 Å². The Morgan fingerprint density at radius 1 is 0.571 bits per heavy atom. The van der Waals surface area contributed by atoms with Gasteiger partial charge in [-0.05, 0) is 24.3 Å². The quantitative estimate of drug-likeness (QED) is 0.547. The highest BCUT2D eigenvalue weighted by Crippen LogP contribution is 2.47. The standard InChI is InChI=1S/C12H8S2/c1-2-6-10-9(5-1)13-11-7-3-4-8-12(11)14-10/h1-8H/p+1. The van der Waals surface area contributed by atoms with Gasteiger partial charge >= 0.3 is 1.43 Å². The van der Waals surface area contributed by atoms with Gasteiger partial charge in [0.15, 0.2) is 0 Å². The van der Waals surface area contributed by atoms with Crippen molar-refractivity contribution >= 4 is 23.5 Å². The molecular weight excluding hydrogens is 208 g/mol. The van der Waals surface area contributed by atoms with Crippen LogP contribution in [0, 0.1) is 0 Å². The molecule has 1 aliphatic heterocycles. The molecule has 0 nitrogen and oxygen atoms in total. The zero-order chi connectivity index (χ0) is 9.38. The second kappa shape index (κ2) is 3.37. The van der Waals surface area contributed by atoms with E-state index in [1.807, 2.05) is 23.5 Å². The molecule has 0 spiro atoms. The van der Waals surface area contributed by atoms with E-state index in [0.29, 0.717) is 0 Å². The molecule has 0 N–H and O–H groups in total. The summed E-state index contributed by atoms with van der Waals surface area (Å²) in [6.45, 7) is 0. The average Bonchev–Trinajstić information content (AvgIpc) is 2.26. The van der Waals surface area contributed by atoms with Gasteiger partial charge in [-0.3, -0.25) is 0 Å². The first-order valence-electron chi connectivity index (χ1n) is 4.47. The Hall–Kier alpha value is -0.860. The van der Waals surface area contributed by atoms with Crippen LogP contribution in [0.15, 0.2) is 68.1 Å². The number of hydrogen-bond acceptors (Lipinski definition) is 2. The molecule has 0 fully saturated rings. The Morgan fingerprint density at radius 2 is 0.857 bits per heavy atom. The second-order valence-electron chi connectivity index (χ2n) is 3.10. The van der Waals surface area contributed by atoms with Crippen molar-refractivity contribution in [2.45, 2.75) is 19.6 Å². The average molecular weight is 217 g/mol. The van der Waals surface area contributed by atoms with E-state index in [4.69, 9.17) is 0 Å². The summed E-state index contributed by atoms with van der Waals surface area (Å²) in [7, 11) is 0. The van der Waals surface area contributed by atoms with Crippen molar-refractivity contribution < 1.29 is 1.43 Å². The van der Waals surface area contributed by atoms with Crippen molar-refractivity contribution in [2.24, 2.45) is 0 Å². The maximum absolute atomic E-state index is 2.18. The summed E-state index contributed by atoms with van der Waals surface area (Å²) in [4.78, 5) is 5.49. The maximum atomic E-state index is 2.18. The molecule has 0 radical (unpaired) electrons. The van der Waals surface area contributed by atoms with Crippen LogP contribution in [0.25, 0.3) is 0 Å². The highest BCUT2D eigenvalue weighted by molar-refractivity contribution is 8.05. The van der Waals surface area contributed by atoms with Gasteiger partial charge in [0.25, 0.3) is 0 Å². The van der Waals surface area contributed by atoms with Crippen LogP contribution >= 0.6 is 23.5 Å². The van der Waals surface area contributed by atoms with Gasteiger partial charge in [0.1, 0.15) is 0 Å². The van der Waals surface area contributed by atoms with E-state index >= 15 is 0 Å². The molecule has 0 saturated heterocycles. The molecular formula is C12H9S2+. The van der Waals surface area contributed by atoms with E-state index in [-0.39, 0.29) is 1.43 Å². The Bertz CT molecular complexity index is 395. The van der Waals surface area contributed by atoms with E-state index in [0.717, 1.165) is 0 Å². The van der Waals surface area contributed by atoms with Crippen LogP contribution in [0.2, 0.25) is 0 Å². The van der Waals surface area contributed by atoms with Crippen LogP contribution in [0.4, 0.5) is 0 Å². The van der Waals surface area contributed by atoms with E-state index in [1.165, 1.54) is 19.6 Å². The monoisotopic (exact) mass is 217 g/mol. The van der Waals surface area contributed by atoms with Crippen molar-refractivity contribution in [3.05, 3.63) is 48.5 Å². The first-order chi connectivity index (χ1) is 6.93. The normalized spacial score (nSPS) is 13.1. The largest absolute Gasteiger partial charge is 1.00 e. The third-order valence-electron chi connectivity index (χ3n) is 2.14. The minimum atomic E-state index is 0. The van der Waals surface area contributed by atoms with Crippen LogP contribution in [-0.4, -0.2) is 0 Å². The first-order valence-corrected chi connectivity index (χ1v) is 6.10. The zero-order valence-electron chi connectivity index (χ0n) is 8.44. The molecule has 0 aromatic heterocycles. The Morgan fingerprint density at radius 3 is 1.14 bits per heavy atom. The van der Waals surface area contributed by atoms with Crippen molar-refractivity contribution in [3.8, 4) is 0 Å². The molecule has 0 aliphatic carbocycles.